The number of alkyl halides is 1. The normalized spacial score (nSPS) is 12.1. The van der Waals surface area contributed by atoms with E-state index < -0.39 is 0 Å². The van der Waals surface area contributed by atoms with Crippen LogP contribution in [0.4, 0.5) is 0 Å². The Hall–Kier alpha value is -1.39. The number of nitrogens with one attached hydrogen (secondary N) is 1. The molecule has 0 saturated carbocycles. The Morgan fingerprint density at radius 2 is 2.15 bits per heavy atom. The van der Waals surface area contributed by atoms with Crippen LogP contribution in [0.15, 0.2) is 35.7 Å². The van der Waals surface area contributed by atoms with E-state index in [1.54, 1.807) is 0 Å². The zero-order valence-corrected chi connectivity index (χ0v) is 12.9. The highest BCUT2D eigenvalue weighted by molar-refractivity contribution is 7.09. The predicted octanol–water partition coefficient (Wildman–Crippen LogP) is 3.69. The van der Waals surface area contributed by atoms with E-state index in [0.717, 1.165) is 22.7 Å². The third-order valence-corrected chi connectivity index (χ3v) is 4.16. The molecule has 5 heteroatoms. The number of aromatic nitrogens is 1. The topological polar surface area (TPSA) is 42.0 Å². The van der Waals surface area contributed by atoms with Gasteiger partial charge < -0.3 is 5.32 Å². The quantitative estimate of drug-likeness (QED) is 0.827. The zero-order valence-electron chi connectivity index (χ0n) is 11.3. The van der Waals surface area contributed by atoms with Crippen LogP contribution < -0.4 is 5.32 Å². The molecule has 1 unspecified atom stereocenters. The Morgan fingerprint density at radius 3 is 2.75 bits per heavy atom. The minimum Gasteiger partial charge on any atom is -0.349 e. The lowest BCUT2D eigenvalue weighted by atomic mass is 10.0. The minimum absolute atomic E-state index is 0.00354. The van der Waals surface area contributed by atoms with Crippen molar-refractivity contribution in [2.75, 3.05) is 0 Å². The summed E-state index contributed by atoms with van der Waals surface area (Å²) in [6.07, 6.45) is 1.17. The summed E-state index contributed by atoms with van der Waals surface area (Å²) >= 11 is 7.18. The fourth-order valence-corrected chi connectivity index (χ4v) is 3.00. The number of carbonyl (C=O) groups is 1. The maximum absolute atomic E-state index is 12.1. The first kappa shape index (κ1) is 15.0. The van der Waals surface area contributed by atoms with Gasteiger partial charge in [-0.25, -0.2) is 4.98 Å². The van der Waals surface area contributed by atoms with Crippen LogP contribution in [-0.2, 0) is 17.1 Å². The lowest BCUT2D eigenvalue weighted by molar-refractivity contribution is -0.121. The Kier molecular flexibility index (Phi) is 5.56. The molecule has 0 aliphatic rings. The van der Waals surface area contributed by atoms with Gasteiger partial charge in [0.1, 0.15) is 5.01 Å². The highest BCUT2D eigenvalue weighted by Gasteiger charge is 2.14. The van der Waals surface area contributed by atoms with Crippen molar-refractivity contribution in [3.63, 3.8) is 0 Å². The fraction of sp³-hybridized carbons (Fsp3) is 0.333. The van der Waals surface area contributed by atoms with Crippen molar-refractivity contribution in [1.82, 2.24) is 10.3 Å². The van der Waals surface area contributed by atoms with Gasteiger partial charge in [0, 0.05) is 5.38 Å². The molecule has 0 spiro atoms. The van der Waals surface area contributed by atoms with Gasteiger partial charge in [-0.1, -0.05) is 37.3 Å². The van der Waals surface area contributed by atoms with E-state index in [-0.39, 0.29) is 11.9 Å². The highest BCUT2D eigenvalue weighted by Crippen LogP contribution is 2.17. The second-order valence-electron chi connectivity index (χ2n) is 4.48. The SMILES string of the molecule is CCC(NC(=O)Cc1nc(CCl)cs1)c1ccccc1. The molecule has 0 fully saturated rings. The van der Waals surface area contributed by atoms with Gasteiger partial charge in [-0.3, -0.25) is 4.79 Å². The molecular weight excluding hydrogens is 292 g/mol. The number of hydrogen-bond acceptors (Lipinski definition) is 3. The van der Waals surface area contributed by atoms with E-state index in [1.807, 2.05) is 35.7 Å². The monoisotopic (exact) mass is 308 g/mol. The third kappa shape index (κ3) is 4.05. The summed E-state index contributed by atoms with van der Waals surface area (Å²) in [6, 6.07) is 10.1. The van der Waals surface area contributed by atoms with Crippen LogP contribution in [0, 0.1) is 0 Å². The molecule has 2 rings (SSSR count). The number of carbonyl (C=O) groups excluding carboxylic acids is 1. The maximum atomic E-state index is 12.1. The van der Waals surface area contributed by atoms with Gasteiger partial charge in [0.25, 0.3) is 0 Å². The van der Waals surface area contributed by atoms with E-state index in [4.69, 9.17) is 11.6 Å². The summed E-state index contributed by atoms with van der Waals surface area (Å²) in [5.74, 6) is 0.385. The first-order valence-electron chi connectivity index (χ1n) is 6.56. The standard InChI is InChI=1S/C15H17ClN2OS/c1-2-13(11-6-4-3-5-7-11)18-14(19)8-15-17-12(9-16)10-20-15/h3-7,10,13H,2,8-9H2,1H3,(H,18,19). The zero-order chi connectivity index (χ0) is 14.4. The summed E-state index contributed by atoms with van der Waals surface area (Å²) in [4.78, 5) is 16.4. The summed E-state index contributed by atoms with van der Waals surface area (Å²) < 4.78 is 0. The average Bonchev–Trinajstić information content (AvgIpc) is 2.93. The Morgan fingerprint density at radius 1 is 1.40 bits per heavy atom. The molecule has 20 heavy (non-hydrogen) atoms. The molecule has 0 aliphatic heterocycles. The van der Waals surface area contributed by atoms with E-state index in [2.05, 4.69) is 17.2 Å². The number of amides is 1. The van der Waals surface area contributed by atoms with Gasteiger partial charge in [0.2, 0.25) is 5.91 Å². The largest absolute Gasteiger partial charge is 0.349 e. The van der Waals surface area contributed by atoms with Crippen LogP contribution in [0.2, 0.25) is 0 Å². The summed E-state index contributed by atoms with van der Waals surface area (Å²) in [5, 5.41) is 5.75. The number of hydrogen-bond donors (Lipinski definition) is 1. The van der Waals surface area contributed by atoms with Gasteiger partial charge in [-0.15, -0.1) is 22.9 Å². The van der Waals surface area contributed by atoms with Crippen LogP contribution in [-0.4, -0.2) is 10.9 Å². The van der Waals surface area contributed by atoms with Crippen LogP contribution in [0.3, 0.4) is 0 Å². The van der Waals surface area contributed by atoms with Crippen molar-refractivity contribution < 1.29 is 4.79 Å². The Labute approximate surface area is 128 Å². The van der Waals surface area contributed by atoms with Crippen LogP contribution in [0.1, 0.15) is 35.7 Å². The van der Waals surface area contributed by atoms with E-state index in [0.29, 0.717) is 12.3 Å². The molecule has 3 nitrogen and oxygen atoms in total. The molecule has 1 heterocycles. The number of thiazole rings is 1. The van der Waals surface area contributed by atoms with E-state index >= 15 is 0 Å². The van der Waals surface area contributed by atoms with E-state index in [1.165, 1.54) is 11.3 Å². The second-order valence-corrected chi connectivity index (χ2v) is 5.69. The molecular formula is C15H17ClN2OS. The molecule has 0 saturated heterocycles. The molecule has 1 aromatic carbocycles. The maximum Gasteiger partial charge on any atom is 0.227 e. The predicted molar refractivity (Wildman–Crippen MR) is 83.0 cm³/mol. The summed E-state index contributed by atoms with van der Waals surface area (Å²) in [6.45, 7) is 2.06. The molecule has 1 amide bonds. The molecule has 0 bridgehead atoms. The third-order valence-electron chi connectivity index (χ3n) is 2.99. The summed E-state index contributed by atoms with van der Waals surface area (Å²) in [7, 11) is 0. The highest BCUT2D eigenvalue weighted by atomic mass is 35.5. The van der Waals surface area contributed by atoms with Crippen molar-refractivity contribution >= 4 is 28.8 Å². The lowest BCUT2D eigenvalue weighted by Crippen LogP contribution is -2.29. The number of nitrogens with zero attached hydrogens (tertiary/aromatic N) is 1. The van der Waals surface area contributed by atoms with Crippen molar-refractivity contribution in [2.45, 2.75) is 31.7 Å². The summed E-state index contributed by atoms with van der Waals surface area (Å²) in [5.41, 5.74) is 1.96. The molecule has 0 aliphatic carbocycles. The van der Waals surface area contributed by atoms with Gasteiger partial charge >= 0.3 is 0 Å². The van der Waals surface area contributed by atoms with Gasteiger partial charge in [0.05, 0.1) is 24.0 Å². The van der Waals surface area contributed by atoms with Crippen LogP contribution >= 0.6 is 22.9 Å². The molecule has 0 radical (unpaired) electrons. The van der Waals surface area contributed by atoms with Crippen molar-refractivity contribution in [3.8, 4) is 0 Å². The van der Waals surface area contributed by atoms with Crippen LogP contribution in [0.25, 0.3) is 0 Å². The van der Waals surface area contributed by atoms with Gasteiger partial charge in [0.15, 0.2) is 0 Å². The first-order chi connectivity index (χ1) is 9.72. The van der Waals surface area contributed by atoms with Crippen molar-refractivity contribution in [2.24, 2.45) is 0 Å². The molecule has 2 aromatic rings. The molecule has 1 aromatic heterocycles. The van der Waals surface area contributed by atoms with Crippen LogP contribution in [0.5, 0.6) is 0 Å². The van der Waals surface area contributed by atoms with Gasteiger partial charge in [-0.05, 0) is 12.0 Å². The molecule has 1 N–H and O–H groups in total. The average molecular weight is 309 g/mol. The number of halogens is 1. The number of benzene rings is 1. The first-order valence-corrected chi connectivity index (χ1v) is 7.98. The smallest absolute Gasteiger partial charge is 0.227 e. The lowest BCUT2D eigenvalue weighted by Gasteiger charge is -2.17. The number of rotatable bonds is 6. The fourth-order valence-electron chi connectivity index (χ4n) is 1.98. The van der Waals surface area contributed by atoms with Crippen molar-refractivity contribution in [3.05, 3.63) is 52.0 Å². The Bertz CT molecular complexity index is 556. The minimum atomic E-state index is -0.00354. The van der Waals surface area contributed by atoms with Gasteiger partial charge in [-0.2, -0.15) is 0 Å². The molecule has 106 valence electrons. The molecule has 1 atom stereocenters. The second kappa shape index (κ2) is 7.41. The Balaban J connectivity index is 1.96. The van der Waals surface area contributed by atoms with Crippen molar-refractivity contribution in [1.29, 1.82) is 0 Å². The van der Waals surface area contributed by atoms with E-state index in [9.17, 15) is 4.79 Å².